The van der Waals surface area contributed by atoms with Crippen molar-refractivity contribution in [2.45, 2.75) is 11.9 Å². The minimum Gasteiger partial charge on any atom is -0.465 e. The van der Waals surface area contributed by atoms with E-state index in [0.717, 1.165) is 0 Å². The van der Waals surface area contributed by atoms with Gasteiger partial charge < -0.3 is 14.9 Å². The highest BCUT2D eigenvalue weighted by molar-refractivity contribution is 7.71. The van der Waals surface area contributed by atoms with Crippen LogP contribution in [0.1, 0.15) is 11.4 Å². The van der Waals surface area contributed by atoms with Gasteiger partial charge in [-0.05, 0) is 11.1 Å². The molecule has 35 heavy (non-hydrogen) atoms. The predicted molar refractivity (Wildman–Crippen MR) is 124 cm³/mol. The first-order valence-corrected chi connectivity index (χ1v) is 12.0. The van der Waals surface area contributed by atoms with Crippen LogP contribution in [0.3, 0.4) is 0 Å². The van der Waals surface area contributed by atoms with Crippen molar-refractivity contribution in [3.8, 4) is 22.4 Å². The van der Waals surface area contributed by atoms with Crippen LogP contribution in [-0.2, 0) is 22.6 Å². The van der Waals surface area contributed by atoms with E-state index in [2.05, 4.69) is 9.97 Å². The number of aromatic nitrogens is 2. The molecule has 2 aromatic carbocycles. The lowest BCUT2D eigenvalue weighted by atomic mass is 9.98. The Hall–Kier alpha value is -3.67. The van der Waals surface area contributed by atoms with Crippen molar-refractivity contribution in [2.24, 2.45) is 0 Å². The Labute approximate surface area is 200 Å². The maximum atomic E-state index is 13.8. The van der Waals surface area contributed by atoms with E-state index in [9.17, 15) is 31.5 Å². The number of alkyl halides is 3. The molecule has 2 heterocycles. The molecule has 0 saturated carbocycles. The molecule has 1 aliphatic heterocycles. The smallest absolute Gasteiger partial charge is 0.451 e. The standard InChI is InChI=1S/C23H21F3N4O4S/c24-23(25,26)21-27-19(17-8-6-15(7-9-17)14-35(33)34)18(16-4-2-1-3-5-16)20(28-21)29-10-12-30(13-11-29)22(31)32/h1-9,35H,10-14H2,(H,31,32). The van der Waals surface area contributed by atoms with Crippen molar-refractivity contribution in [3.63, 3.8) is 0 Å². The minimum absolute atomic E-state index is 0.0484. The van der Waals surface area contributed by atoms with Gasteiger partial charge in [0, 0.05) is 31.7 Å². The van der Waals surface area contributed by atoms with E-state index in [0.29, 0.717) is 22.3 Å². The van der Waals surface area contributed by atoms with Gasteiger partial charge in [0.25, 0.3) is 0 Å². The monoisotopic (exact) mass is 506 g/mol. The van der Waals surface area contributed by atoms with Gasteiger partial charge in [-0.3, -0.25) is 0 Å². The zero-order valence-corrected chi connectivity index (χ0v) is 19.2. The fraction of sp³-hybridized carbons (Fsp3) is 0.261. The molecular weight excluding hydrogens is 485 g/mol. The van der Waals surface area contributed by atoms with E-state index in [1.165, 1.54) is 29.2 Å². The van der Waals surface area contributed by atoms with Gasteiger partial charge in [0.2, 0.25) is 5.82 Å². The van der Waals surface area contributed by atoms with Crippen molar-refractivity contribution in [3.05, 3.63) is 66.0 Å². The number of nitrogens with zero attached hydrogens (tertiary/aromatic N) is 4. The predicted octanol–water partition coefficient (Wildman–Crippen LogP) is 3.74. The van der Waals surface area contributed by atoms with E-state index in [4.69, 9.17) is 0 Å². The molecule has 4 rings (SSSR count). The molecule has 1 aliphatic rings. The Morgan fingerprint density at radius 1 is 0.914 bits per heavy atom. The summed E-state index contributed by atoms with van der Waals surface area (Å²) in [5.41, 5.74) is 1.89. The molecule has 0 spiro atoms. The average Bonchev–Trinajstić information content (AvgIpc) is 2.83. The summed E-state index contributed by atoms with van der Waals surface area (Å²) in [4.78, 5) is 21.9. The van der Waals surface area contributed by atoms with E-state index in [-0.39, 0.29) is 43.4 Å². The number of benzene rings is 2. The molecule has 0 atom stereocenters. The van der Waals surface area contributed by atoms with Crippen LogP contribution in [0.2, 0.25) is 0 Å². The third-order valence-electron chi connectivity index (χ3n) is 5.59. The lowest BCUT2D eigenvalue weighted by molar-refractivity contribution is -0.144. The summed E-state index contributed by atoms with van der Waals surface area (Å²) in [5.74, 6) is -1.43. The number of halogens is 3. The second-order valence-electron chi connectivity index (χ2n) is 7.90. The number of anilines is 1. The molecular formula is C23H21F3N4O4S. The van der Waals surface area contributed by atoms with Crippen LogP contribution < -0.4 is 4.90 Å². The molecule has 3 aromatic rings. The Balaban J connectivity index is 1.90. The molecule has 1 aromatic heterocycles. The van der Waals surface area contributed by atoms with E-state index in [1.807, 2.05) is 0 Å². The number of piperazine rings is 1. The maximum absolute atomic E-state index is 13.8. The number of rotatable bonds is 5. The second-order valence-corrected chi connectivity index (χ2v) is 8.88. The molecule has 1 N–H and O–H groups in total. The Morgan fingerprint density at radius 2 is 1.54 bits per heavy atom. The molecule has 8 nitrogen and oxygen atoms in total. The topological polar surface area (TPSA) is 104 Å². The normalized spacial score (nSPS) is 14.4. The van der Waals surface area contributed by atoms with Crippen molar-refractivity contribution >= 4 is 22.6 Å². The molecule has 0 aliphatic carbocycles. The summed E-state index contributed by atoms with van der Waals surface area (Å²) < 4.78 is 63.6. The molecule has 0 bridgehead atoms. The number of carbonyl (C=O) groups is 1. The van der Waals surface area contributed by atoms with Gasteiger partial charge in [0.05, 0.1) is 17.0 Å². The van der Waals surface area contributed by atoms with E-state index < -0.39 is 28.8 Å². The molecule has 1 fully saturated rings. The van der Waals surface area contributed by atoms with Crippen LogP contribution in [0, 0.1) is 0 Å². The number of carboxylic acid groups (broad SMARTS) is 1. The van der Waals surface area contributed by atoms with Crippen LogP contribution in [0.15, 0.2) is 54.6 Å². The summed E-state index contributed by atoms with van der Waals surface area (Å²) in [5, 5.41) is 9.24. The number of thiol groups is 1. The summed E-state index contributed by atoms with van der Waals surface area (Å²) in [6.45, 7) is 0.559. The first kappa shape index (κ1) is 24.5. The minimum atomic E-state index is -4.82. The second kappa shape index (κ2) is 9.90. The maximum Gasteiger partial charge on any atom is 0.451 e. The molecule has 1 saturated heterocycles. The van der Waals surface area contributed by atoms with Crippen LogP contribution in [0.25, 0.3) is 22.4 Å². The Bertz CT molecular complexity index is 1280. The van der Waals surface area contributed by atoms with Gasteiger partial charge in [-0.15, -0.1) is 0 Å². The van der Waals surface area contributed by atoms with Crippen LogP contribution in [0.4, 0.5) is 23.8 Å². The fourth-order valence-electron chi connectivity index (χ4n) is 3.91. The van der Waals surface area contributed by atoms with Gasteiger partial charge in [-0.25, -0.2) is 23.2 Å². The zero-order valence-electron chi connectivity index (χ0n) is 18.3. The average molecular weight is 507 g/mol. The van der Waals surface area contributed by atoms with Crippen molar-refractivity contribution in [2.75, 3.05) is 31.1 Å². The van der Waals surface area contributed by atoms with E-state index in [1.54, 1.807) is 35.2 Å². The van der Waals surface area contributed by atoms with Crippen LogP contribution in [0.5, 0.6) is 0 Å². The first-order chi connectivity index (χ1) is 16.6. The zero-order chi connectivity index (χ0) is 25.2. The summed E-state index contributed by atoms with van der Waals surface area (Å²) in [6, 6.07) is 14.9. The van der Waals surface area contributed by atoms with Gasteiger partial charge in [-0.1, -0.05) is 54.6 Å². The molecule has 0 radical (unpaired) electrons. The molecule has 0 unspecified atom stereocenters. The van der Waals surface area contributed by atoms with Crippen molar-refractivity contribution < 1.29 is 31.5 Å². The lowest BCUT2D eigenvalue weighted by Gasteiger charge is -2.35. The number of amides is 1. The van der Waals surface area contributed by atoms with Gasteiger partial charge >= 0.3 is 12.3 Å². The summed E-state index contributed by atoms with van der Waals surface area (Å²) in [7, 11) is -2.65. The fourth-order valence-corrected chi connectivity index (χ4v) is 4.42. The third-order valence-corrected chi connectivity index (χ3v) is 6.22. The summed E-state index contributed by atoms with van der Waals surface area (Å²) >= 11 is 0. The molecule has 1 amide bonds. The highest BCUT2D eigenvalue weighted by atomic mass is 32.2. The molecule has 184 valence electrons. The van der Waals surface area contributed by atoms with Crippen molar-refractivity contribution in [1.29, 1.82) is 0 Å². The van der Waals surface area contributed by atoms with Crippen LogP contribution in [-0.4, -0.2) is 60.7 Å². The quantitative estimate of drug-likeness (QED) is 0.508. The Kier molecular flexibility index (Phi) is 6.92. The van der Waals surface area contributed by atoms with Crippen LogP contribution >= 0.6 is 0 Å². The highest BCUT2D eigenvalue weighted by Crippen LogP contribution is 2.40. The highest BCUT2D eigenvalue weighted by Gasteiger charge is 2.38. The number of hydrogen-bond acceptors (Lipinski definition) is 6. The molecule has 12 heteroatoms. The third kappa shape index (κ3) is 5.53. The van der Waals surface area contributed by atoms with E-state index >= 15 is 0 Å². The largest absolute Gasteiger partial charge is 0.465 e. The van der Waals surface area contributed by atoms with Gasteiger partial charge in [-0.2, -0.15) is 13.2 Å². The van der Waals surface area contributed by atoms with Gasteiger partial charge in [0.1, 0.15) is 16.5 Å². The lowest BCUT2D eigenvalue weighted by Crippen LogP contribution is -2.48. The van der Waals surface area contributed by atoms with Crippen molar-refractivity contribution in [1.82, 2.24) is 14.9 Å². The SMILES string of the molecule is O=C(O)N1CCN(c2nc(C(F)(F)F)nc(-c3ccc(C[SH](=O)=O)cc3)c2-c2ccccc2)CC1. The number of hydrogen-bond donors (Lipinski definition) is 2. The summed E-state index contributed by atoms with van der Waals surface area (Å²) in [6.07, 6.45) is -5.91. The first-order valence-electron chi connectivity index (χ1n) is 10.6. The Morgan fingerprint density at radius 3 is 2.09 bits per heavy atom. The van der Waals surface area contributed by atoms with Gasteiger partial charge in [0.15, 0.2) is 0 Å².